The van der Waals surface area contributed by atoms with E-state index in [1.165, 1.54) is 0 Å². The van der Waals surface area contributed by atoms with E-state index in [0.717, 1.165) is 37.9 Å². The van der Waals surface area contributed by atoms with Crippen molar-refractivity contribution in [2.75, 3.05) is 20.1 Å². The van der Waals surface area contributed by atoms with Gasteiger partial charge >= 0.3 is 0 Å². The van der Waals surface area contributed by atoms with Crippen molar-refractivity contribution < 1.29 is 9.53 Å². The molecule has 6 nitrogen and oxygen atoms in total. The van der Waals surface area contributed by atoms with Crippen molar-refractivity contribution in [1.29, 1.82) is 0 Å². The van der Waals surface area contributed by atoms with Gasteiger partial charge in [0.1, 0.15) is 12.8 Å². The van der Waals surface area contributed by atoms with Crippen LogP contribution in [0.1, 0.15) is 35.3 Å². The third-order valence-electron chi connectivity index (χ3n) is 6.16. The Morgan fingerprint density at radius 1 is 1.18 bits per heavy atom. The standard InChI is InChI=1S/C21H22BrN3O3/c1-23-10-5-11-24-19(27)16-18(28-13-14-6-3-2-4-7-14)17(26)15(22)12-25(16)21(8-9-21)20(23)24/h2-4,6-7,12,20H,5,8-11,13H2,1H3. The maximum absolute atomic E-state index is 13.5. The Balaban J connectivity index is 1.63. The van der Waals surface area contributed by atoms with Crippen LogP contribution < -0.4 is 10.2 Å². The van der Waals surface area contributed by atoms with Crippen LogP contribution in [0.5, 0.6) is 5.75 Å². The molecule has 1 atom stereocenters. The zero-order chi connectivity index (χ0) is 19.5. The highest BCUT2D eigenvalue weighted by Crippen LogP contribution is 2.54. The molecule has 0 N–H and O–H groups in total. The maximum Gasteiger partial charge on any atom is 0.275 e. The molecule has 3 aliphatic rings. The lowest BCUT2D eigenvalue weighted by molar-refractivity contribution is -0.0259. The second-order valence-electron chi connectivity index (χ2n) is 7.94. The van der Waals surface area contributed by atoms with Gasteiger partial charge in [-0.2, -0.15) is 0 Å². The van der Waals surface area contributed by atoms with Gasteiger partial charge in [0.15, 0.2) is 11.4 Å². The van der Waals surface area contributed by atoms with E-state index in [1.54, 1.807) is 6.20 Å². The molecule has 1 aliphatic carbocycles. The largest absolute Gasteiger partial charge is 0.483 e. The van der Waals surface area contributed by atoms with Crippen LogP contribution in [0.3, 0.4) is 0 Å². The van der Waals surface area contributed by atoms with Gasteiger partial charge in [-0.05, 0) is 47.8 Å². The molecular formula is C21H22BrN3O3. The SMILES string of the molecule is CN1CCCN2C(=O)c3c(OCc4ccccc4)c(=O)c(Br)cn3C3(CC3)C12. The Bertz CT molecular complexity index is 1000. The number of likely N-dealkylation sites (N-methyl/N-ethyl adjacent to an activating group) is 1. The number of rotatable bonds is 3. The number of amides is 1. The van der Waals surface area contributed by atoms with Crippen molar-refractivity contribution in [3.05, 3.63) is 62.5 Å². The van der Waals surface area contributed by atoms with E-state index < -0.39 is 0 Å². The third-order valence-corrected chi connectivity index (χ3v) is 6.72. The van der Waals surface area contributed by atoms with Crippen LogP contribution >= 0.6 is 15.9 Å². The lowest BCUT2D eigenvalue weighted by Gasteiger charge is -2.51. The number of ether oxygens (including phenoxy) is 1. The summed E-state index contributed by atoms with van der Waals surface area (Å²) in [6, 6.07) is 9.69. The van der Waals surface area contributed by atoms with E-state index in [1.807, 2.05) is 39.8 Å². The minimum absolute atomic E-state index is 0.0395. The summed E-state index contributed by atoms with van der Waals surface area (Å²) in [6.07, 6.45) is 4.75. The number of aromatic nitrogens is 1. The molecule has 1 aromatic heterocycles. The highest BCUT2D eigenvalue weighted by molar-refractivity contribution is 9.10. The maximum atomic E-state index is 13.5. The topological polar surface area (TPSA) is 54.8 Å². The predicted molar refractivity (Wildman–Crippen MR) is 108 cm³/mol. The van der Waals surface area contributed by atoms with Crippen LogP contribution in [0.4, 0.5) is 0 Å². The molecule has 146 valence electrons. The number of carbonyl (C=O) groups is 1. The predicted octanol–water partition coefficient (Wildman–Crippen LogP) is 2.80. The minimum atomic E-state index is -0.268. The number of nitrogens with zero attached hydrogens (tertiary/aromatic N) is 3. The van der Waals surface area contributed by atoms with Crippen molar-refractivity contribution in [2.24, 2.45) is 0 Å². The van der Waals surface area contributed by atoms with Crippen LogP contribution in [0, 0.1) is 0 Å². The van der Waals surface area contributed by atoms with E-state index in [-0.39, 0.29) is 35.4 Å². The normalized spacial score (nSPS) is 22.7. The summed E-state index contributed by atoms with van der Waals surface area (Å²) in [4.78, 5) is 30.6. The summed E-state index contributed by atoms with van der Waals surface area (Å²) >= 11 is 3.40. The number of pyridine rings is 1. The molecule has 1 unspecified atom stereocenters. The molecule has 2 fully saturated rings. The van der Waals surface area contributed by atoms with E-state index >= 15 is 0 Å². The van der Waals surface area contributed by atoms with Crippen LogP contribution in [0.2, 0.25) is 0 Å². The number of hydrogen-bond donors (Lipinski definition) is 0. The first kappa shape index (κ1) is 17.9. The van der Waals surface area contributed by atoms with Crippen molar-refractivity contribution in [3.63, 3.8) is 0 Å². The molecule has 1 saturated heterocycles. The van der Waals surface area contributed by atoms with Crippen molar-refractivity contribution in [2.45, 2.75) is 37.6 Å². The van der Waals surface area contributed by atoms with Gasteiger partial charge in [0.2, 0.25) is 5.43 Å². The first-order chi connectivity index (χ1) is 13.5. The van der Waals surface area contributed by atoms with Gasteiger partial charge in [0.05, 0.1) is 10.0 Å². The molecule has 2 aromatic rings. The van der Waals surface area contributed by atoms with Crippen LogP contribution in [-0.4, -0.2) is 46.6 Å². The Hall–Kier alpha value is -2.12. The summed E-state index contributed by atoms with van der Waals surface area (Å²) in [5.41, 5.74) is 0.920. The number of fused-ring (bicyclic) bond motifs is 4. The quantitative estimate of drug-likeness (QED) is 0.731. The molecule has 7 heteroatoms. The van der Waals surface area contributed by atoms with E-state index in [0.29, 0.717) is 10.2 Å². The Morgan fingerprint density at radius 3 is 2.64 bits per heavy atom. The van der Waals surface area contributed by atoms with Gasteiger partial charge < -0.3 is 14.2 Å². The molecule has 2 aliphatic heterocycles. The van der Waals surface area contributed by atoms with Crippen LogP contribution in [0.15, 0.2) is 45.8 Å². The van der Waals surface area contributed by atoms with Gasteiger partial charge in [-0.3, -0.25) is 14.5 Å². The molecule has 28 heavy (non-hydrogen) atoms. The molecule has 1 spiro atoms. The van der Waals surface area contributed by atoms with Gasteiger partial charge in [-0.25, -0.2) is 0 Å². The number of halogens is 1. The van der Waals surface area contributed by atoms with Crippen molar-refractivity contribution in [3.8, 4) is 5.75 Å². The Morgan fingerprint density at radius 2 is 1.93 bits per heavy atom. The summed E-state index contributed by atoms with van der Waals surface area (Å²) in [6.45, 7) is 1.95. The lowest BCUT2D eigenvalue weighted by atomic mass is 10.00. The van der Waals surface area contributed by atoms with Gasteiger partial charge in [0.25, 0.3) is 5.91 Å². The smallest absolute Gasteiger partial charge is 0.275 e. The number of hydrogen-bond acceptors (Lipinski definition) is 4. The van der Waals surface area contributed by atoms with E-state index in [4.69, 9.17) is 4.74 Å². The number of benzene rings is 1. The summed E-state index contributed by atoms with van der Waals surface area (Å²) in [7, 11) is 2.08. The fourth-order valence-corrected chi connectivity index (χ4v) is 5.14. The van der Waals surface area contributed by atoms with Gasteiger partial charge in [0, 0.05) is 19.3 Å². The van der Waals surface area contributed by atoms with E-state index in [2.05, 4.69) is 27.9 Å². The third kappa shape index (κ3) is 2.56. The number of carbonyl (C=O) groups excluding carboxylic acids is 1. The molecule has 1 aromatic carbocycles. The molecule has 5 rings (SSSR count). The molecule has 0 radical (unpaired) electrons. The monoisotopic (exact) mass is 443 g/mol. The van der Waals surface area contributed by atoms with Crippen molar-refractivity contribution >= 4 is 21.8 Å². The van der Waals surface area contributed by atoms with Crippen molar-refractivity contribution in [1.82, 2.24) is 14.4 Å². The minimum Gasteiger partial charge on any atom is -0.483 e. The first-order valence-corrected chi connectivity index (χ1v) is 10.5. The summed E-state index contributed by atoms with van der Waals surface area (Å²) < 4.78 is 8.43. The van der Waals surface area contributed by atoms with Gasteiger partial charge in [-0.15, -0.1) is 0 Å². The van der Waals surface area contributed by atoms with Gasteiger partial charge in [-0.1, -0.05) is 30.3 Å². The fourth-order valence-electron chi connectivity index (χ4n) is 4.75. The Labute approximate surface area is 171 Å². The lowest BCUT2D eigenvalue weighted by Crippen LogP contribution is -2.65. The van der Waals surface area contributed by atoms with E-state index in [9.17, 15) is 9.59 Å². The highest BCUT2D eigenvalue weighted by Gasteiger charge is 2.61. The fraction of sp³-hybridized carbons (Fsp3) is 0.429. The average molecular weight is 444 g/mol. The molecule has 3 heterocycles. The molecule has 1 amide bonds. The zero-order valence-electron chi connectivity index (χ0n) is 15.7. The average Bonchev–Trinajstić information content (AvgIpc) is 3.49. The van der Waals surface area contributed by atoms with Crippen LogP contribution in [-0.2, 0) is 12.1 Å². The second kappa shape index (κ2) is 6.46. The molecule has 1 saturated carbocycles. The Kier molecular flexibility index (Phi) is 4.14. The summed E-state index contributed by atoms with van der Waals surface area (Å²) in [5, 5.41) is 0. The molecule has 0 bridgehead atoms. The highest BCUT2D eigenvalue weighted by atomic mass is 79.9. The summed E-state index contributed by atoms with van der Waals surface area (Å²) in [5.74, 6) is 0.0444. The zero-order valence-corrected chi connectivity index (χ0v) is 17.3. The first-order valence-electron chi connectivity index (χ1n) is 9.66. The second-order valence-corrected chi connectivity index (χ2v) is 8.79. The van der Waals surface area contributed by atoms with Crippen LogP contribution in [0.25, 0.3) is 0 Å². The molecular weight excluding hydrogens is 422 g/mol.